The summed E-state index contributed by atoms with van der Waals surface area (Å²) in [4.78, 5) is 25.4. The van der Waals surface area contributed by atoms with E-state index in [1.54, 1.807) is 0 Å². The van der Waals surface area contributed by atoms with E-state index < -0.39 is 126 Å². The first kappa shape index (κ1) is 40.0. The lowest BCUT2D eigenvalue weighted by atomic mass is 9.97. The van der Waals surface area contributed by atoms with Crippen LogP contribution in [0.2, 0.25) is 0 Å². The van der Waals surface area contributed by atoms with Gasteiger partial charge in [-0.25, -0.2) is 4.79 Å². The molecule has 300 valence electrons. The topological polar surface area (TPSA) is 336 Å². The number of esters is 1. The van der Waals surface area contributed by atoms with E-state index in [9.17, 15) is 70.9 Å². The van der Waals surface area contributed by atoms with Gasteiger partial charge in [-0.3, -0.25) is 4.79 Å². The van der Waals surface area contributed by atoms with Gasteiger partial charge in [-0.05, 0) is 42.0 Å². The van der Waals surface area contributed by atoms with Crippen molar-refractivity contribution in [2.24, 2.45) is 0 Å². The van der Waals surface area contributed by atoms with Gasteiger partial charge in [0.25, 0.3) is 0 Å². The minimum Gasteiger partial charge on any atom is -0.504 e. The summed E-state index contributed by atoms with van der Waals surface area (Å²) in [5, 5.41) is 123. The quantitative estimate of drug-likeness (QED) is 0.0519. The fourth-order valence-corrected chi connectivity index (χ4v) is 5.94. The number of ether oxygens (including phenoxy) is 5. The second kappa shape index (κ2) is 16.2. The number of phenolic OH excluding ortho intramolecular Hbond substituents is 6. The molecule has 0 aliphatic carbocycles. The SMILES string of the molecule is O=C(C=Cc1ccc(O)c(O)c1)OCC1OC(OC2C(Oc3cc4oc(-c5ccc(O)c(O)c5)cc(=O)c4c(O)c3O)OC(CO)C(O)C2O)C(O)C(O)C1O. The molecule has 12 N–H and O–H groups in total. The number of carbonyl (C=O) groups is 1. The molecule has 0 amide bonds. The Kier molecular flexibility index (Phi) is 11.6. The van der Waals surface area contributed by atoms with E-state index >= 15 is 0 Å². The molecule has 10 atom stereocenters. The largest absolute Gasteiger partial charge is 0.504 e. The van der Waals surface area contributed by atoms with Crippen LogP contribution in [0, 0.1) is 0 Å². The number of aromatic hydroxyl groups is 6. The zero-order chi connectivity index (χ0) is 40.6. The minimum atomic E-state index is -2.05. The Morgan fingerprint density at radius 1 is 0.714 bits per heavy atom. The van der Waals surface area contributed by atoms with E-state index in [2.05, 4.69) is 0 Å². The van der Waals surface area contributed by atoms with Gasteiger partial charge in [0, 0.05) is 23.8 Å². The predicted octanol–water partition coefficient (Wildman–Crippen LogP) is -1.04. The van der Waals surface area contributed by atoms with Crippen molar-refractivity contribution >= 4 is 23.0 Å². The van der Waals surface area contributed by atoms with Crippen LogP contribution in [0.25, 0.3) is 28.4 Å². The van der Waals surface area contributed by atoms with Gasteiger partial charge in [0.15, 0.2) is 52.3 Å². The number of aliphatic hydroxyl groups excluding tert-OH is 6. The molecule has 2 saturated heterocycles. The van der Waals surface area contributed by atoms with E-state index in [1.165, 1.54) is 24.3 Å². The molecular weight excluding hydrogens is 752 g/mol. The Balaban J connectivity index is 1.24. The summed E-state index contributed by atoms with van der Waals surface area (Å²) in [7, 11) is 0. The van der Waals surface area contributed by atoms with Crippen molar-refractivity contribution in [3.05, 3.63) is 70.4 Å². The number of fused-ring (bicyclic) bond motifs is 1. The first-order valence-electron chi connectivity index (χ1n) is 16.6. The Morgan fingerprint density at radius 2 is 1.38 bits per heavy atom. The summed E-state index contributed by atoms with van der Waals surface area (Å²) in [6, 6.07) is 9.15. The van der Waals surface area contributed by atoms with Crippen molar-refractivity contribution in [1.82, 2.24) is 0 Å². The average molecular weight is 789 g/mol. The molecule has 1 aromatic heterocycles. The van der Waals surface area contributed by atoms with E-state index in [4.69, 9.17) is 28.1 Å². The molecule has 6 rings (SSSR count). The van der Waals surface area contributed by atoms with Crippen LogP contribution in [0.15, 0.2) is 63.8 Å². The minimum absolute atomic E-state index is 0.124. The van der Waals surface area contributed by atoms with Crippen LogP contribution >= 0.6 is 0 Å². The Morgan fingerprint density at radius 3 is 2.05 bits per heavy atom. The molecule has 10 unspecified atom stereocenters. The molecule has 0 saturated carbocycles. The maximum atomic E-state index is 13.0. The van der Waals surface area contributed by atoms with Gasteiger partial charge >= 0.3 is 5.97 Å². The van der Waals surface area contributed by atoms with Crippen LogP contribution in [-0.2, 0) is 23.7 Å². The molecule has 3 heterocycles. The van der Waals surface area contributed by atoms with Crippen LogP contribution in [0.3, 0.4) is 0 Å². The first-order chi connectivity index (χ1) is 26.6. The zero-order valence-electron chi connectivity index (χ0n) is 28.6. The highest BCUT2D eigenvalue weighted by molar-refractivity contribution is 5.89. The third-order valence-electron chi connectivity index (χ3n) is 9.02. The van der Waals surface area contributed by atoms with Crippen LogP contribution in [0.5, 0.6) is 40.2 Å². The molecule has 56 heavy (non-hydrogen) atoms. The molecular formula is C36H36O20. The number of rotatable bonds is 10. The maximum absolute atomic E-state index is 13.0. The third-order valence-corrected chi connectivity index (χ3v) is 9.02. The van der Waals surface area contributed by atoms with Gasteiger partial charge in [-0.1, -0.05) is 6.07 Å². The van der Waals surface area contributed by atoms with Crippen molar-refractivity contribution < 1.29 is 94.2 Å². The number of hydrogen-bond acceptors (Lipinski definition) is 20. The number of benzene rings is 3. The monoisotopic (exact) mass is 788 g/mol. The number of hydrogen-bond donors (Lipinski definition) is 12. The lowest BCUT2D eigenvalue weighted by Crippen LogP contribution is -2.65. The summed E-state index contributed by atoms with van der Waals surface area (Å²) in [5.74, 6) is -5.66. The molecule has 4 aromatic rings. The standard InChI is InChI=1S/C36H36O20/c37-11-23-28(45)32(49)34(56-35-33(50)31(48)29(46)24(55-35)12-51-25(43)6-2-13-1-4-15(38)17(40)7-13)36(54-23)53-22-10-21-26(30(47)27(22)44)19(42)9-20(52-21)14-3-5-16(39)18(41)8-14/h1-10,23-24,28-29,31-41,44-50H,11-12H2. The summed E-state index contributed by atoms with van der Waals surface area (Å²) in [5.41, 5.74) is -0.792. The van der Waals surface area contributed by atoms with Crippen LogP contribution < -0.4 is 10.2 Å². The Bertz CT molecular complexity index is 2170. The number of phenols is 6. The van der Waals surface area contributed by atoms with Crippen molar-refractivity contribution in [2.75, 3.05) is 13.2 Å². The second-order valence-corrected chi connectivity index (χ2v) is 12.8. The average Bonchev–Trinajstić information content (AvgIpc) is 3.17. The third kappa shape index (κ3) is 8.00. The summed E-state index contributed by atoms with van der Waals surface area (Å²) in [6.07, 6.45) is -16.6. The highest BCUT2D eigenvalue weighted by Gasteiger charge is 2.52. The van der Waals surface area contributed by atoms with E-state index in [0.717, 1.165) is 36.4 Å². The molecule has 20 nitrogen and oxygen atoms in total. The zero-order valence-corrected chi connectivity index (χ0v) is 28.6. The van der Waals surface area contributed by atoms with Gasteiger partial charge in [0.2, 0.25) is 12.0 Å². The molecule has 20 heteroatoms. The molecule has 0 spiro atoms. The first-order valence-corrected chi connectivity index (χ1v) is 16.6. The number of aliphatic hydroxyl groups is 6. The maximum Gasteiger partial charge on any atom is 0.330 e. The van der Waals surface area contributed by atoms with Gasteiger partial charge in [-0.15, -0.1) is 0 Å². The second-order valence-electron chi connectivity index (χ2n) is 12.8. The van der Waals surface area contributed by atoms with Gasteiger partial charge < -0.3 is 89.4 Å². The predicted molar refractivity (Wildman–Crippen MR) is 184 cm³/mol. The van der Waals surface area contributed by atoms with Crippen molar-refractivity contribution in [3.8, 4) is 51.6 Å². The van der Waals surface area contributed by atoms with E-state index in [0.29, 0.717) is 5.56 Å². The highest BCUT2D eigenvalue weighted by Crippen LogP contribution is 2.43. The fraction of sp³-hybridized carbons (Fsp3) is 0.333. The van der Waals surface area contributed by atoms with Gasteiger partial charge in [0.1, 0.15) is 66.1 Å². The Hall–Kier alpha value is -5.68. The molecule has 2 aliphatic rings. The lowest BCUT2D eigenvalue weighted by Gasteiger charge is -2.45. The summed E-state index contributed by atoms with van der Waals surface area (Å²) in [6.45, 7) is -1.62. The molecule has 3 aromatic carbocycles. The van der Waals surface area contributed by atoms with Crippen molar-refractivity contribution in [1.29, 1.82) is 0 Å². The fourth-order valence-electron chi connectivity index (χ4n) is 5.94. The van der Waals surface area contributed by atoms with Crippen LogP contribution in [-0.4, -0.2) is 142 Å². The van der Waals surface area contributed by atoms with Gasteiger partial charge in [-0.2, -0.15) is 0 Å². The summed E-state index contributed by atoms with van der Waals surface area (Å²) < 4.78 is 33.5. The van der Waals surface area contributed by atoms with Crippen LogP contribution in [0.1, 0.15) is 5.56 Å². The van der Waals surface area contributed by atoms with E-state index in [-0.39, 0.29) is 22.7 Å². The normalized spacial score (nSPS) is 28.0. The van der Waals surface area contributed by atoms with Crippen molar-refractivity contribution in [2.45, 2.75) is 61.4 Å². The molecule has 2 fully saturated rings. The molecule has 2 aliphatic heterocycles. The lowest BCUT2D eigenvalue weighted by molar-refractivity contribution is -0.358. The highest BCUT2D eigenvalue weighted by atomic mass is 16.8. The molecule has 0 radical (unpaired) electrons. The number of carbonyl (C=O) groups excluding carboxylic acids is 1. The summed E-state index contributed by atoms with van der Waals surface area (Å²) >= 11 is 0. The van der Waals surface area contributed by atoms with E-state index in [1.807, 2.05) is 0 Å². The van der Waals surface area contributed by atoms with Crippen LogP contribution in [0.4, 0.5) is 0 Å². The Labute approximate surface area is 313 Å². The molecule has 0 bridgehead atoms. The van der Waals surface area contributed by atoms with Crippen molar-refractivity contribution in [3.63, 3.8) is 0 Å². The smallest absolute Gasteiger partial charge is 0.330 e. The van der Waals surface area contributed by atoms with Gasteiger partial charge in [0.05, 0.1) is 6.61 Å².